The molecule has 3 aromatic carbocycles. The summed E-state index contributed by atoms with van der Waals surface area (Å²) in [6.07, 6.45) is 4.65. The highest BCUT2D eigenvalue weighted by molar-refractivity contribution is 6.01. The summed E-state index contributed by atoms with van der Waals surface area (Å²) in [6, 6.07) is 21.1. The van der Waals surface area contributed by atoms with Crippen LogP contribution in [0, 0.1) is 0 Å². The zero-order chi connectivity index (χ0) is 32.4. The van der Waals surface area contributed by atoms with Crippen molar-refractivity contribution >= 4 is 23.8 Å². The lowest BCUT2D eigenvalue weighted by Gasteiger charge is -2.25. The lowest BCUT2D eigenvalue weighted by Crippen LogP contribution is -2.44. The molecule has 4 rings (SSSR count). The molecule has 0 heterocycles. The van der Waals surface area contributed by atoms with Gasteiger partial charge >= 0.3 is 12.1 Å². The first kappa shape index (κ1) is 33.0. The summed E-state index contributed by atoms with van der Waals surface area (Å²) in [7, 11) is 1.34. The number of ketones is 1. The Balaban J connectivity index is 1.38. The van der Waals surface area contributed by atoms with Crippen molar-refractivity contribution in [1.29, 1.82) is 0 Å². The molecule has 1 aliphatic carbocycles. The number of carbonyl (C=O) groups is 4. The highest BCUT2D eigenvalue weighted by atomic mass is 16.6. The summed E-state index contributed by atoms with van der Waals surface area (Å²) >= 11 is 0. The van der Waals surface area contributed by atoms with Gasteiger partial charge in [0, 0.05) is 12.5 Å². The fourth-order valence-electron chi connectivity index (χ4n) is 5.05. The Hall–Kier alpha value is -4.92. The molecule has 9 heteroatoms. The number of benzene rings is 3. The number of alkyl carbamates (subject to hydrolysis) is 1. The van der Waals surface area contributed by atoms with Gasteiger partial charge in [0.15, 0.2) is 5.78 Å². The number of ether oxygens (including phenoxy) is 3. The van der Waals surface area contributed by atoms with Crippen molar-refractivity contribution in [2.45, 2.75) is 70.7 Å². The van der Waals surface area contributed by atoms with Crippen molar-refractivity contribution in [3.8, 4) is 5.75 Å². The van der Waals surface area contributed by atoms with E-state index >= 15 is 0 Å². The van der Waals surface area contributed by atoms with E-state index in [0.29, 0.717) is 17.9 Å². The molecule has 1 aliphatic rings. The summed E-state index contributed by atoms with van der Waals surface area (Å²) in [6.45, 7) is 5.51. The maximum Gasteiger partial charge on any atom is 0.408 e. The smallest absolute Gasteiger partial charge is 0.408 e. The minimum absolute atomic E-state index is 0.113. The van der Waals surface area contributed by atoms with E-state index in [1.165, 1.54) is 24.8 Å². The van der Waals surface area contributed by atoms with Gasteiger partial charge in [-0.05, 0) is 92.6 Å². The van der Waals surface area contributed by atoms with Crippen molar-refractivity contribution in [2.75, 3.05) is 7.11 Å². The van der Waals surface area contributed by atoms with Crippen LogP contribution in [-0.4, -0.2) is 42.5 Å². The summed E-state index contributed by atoms with van der Waals surface area (Å²) in [5.74, 6) is -0.599. The summed E-state index contributed by atoms with van der Waals surface area (Å²) in [5.41, 5.74) is 3.69. The van der Waals surface area contributed by atoms with Gasteiger partial charge in [0.1, 0.15) is 18.0 Å². The number of rotatable bonds is 11. The molecule has 0 saturated heterocycles. The van der Waals surface area contributed by atoms with Gasteiger partial charge < -0.3 is 24.8 Å². The first-order valence-electron chi connectivity index (χ1n) is 15.0. The zero-order valence-electron chi connectivity index (χ0n) is 26.1. The highest BCUT2D eigenvalue weighted by Gasteiger charge is 2.24. The largest absolute Gasteiger partial charge is 0.489 e. The number of hydrogen-bond donors (Lipinski definition) is 2. The SMILES string of the molecule is COC(=O)c1ccc(COc2ccc(C[C@H](NC(=O)OC(C)(C)C)C(=O)C=CC(=O)N[C@@H]3CCCc4ccccc43)cc2)cc1. The number of carbonyl (C=O) groups excluding carboxylic acids is 4. The van der Waals surface area contributed by atoms with Crippen LogP contribution in [0.2, 0.25) is 0 Å². The van der Waals surface area contributed by atoms with Crippen molar-refractivity contribution in [3.05, 3.63) is 113 Å². The Labute approximate surface area is 264 Å². The lowest BCUT2D eigenvalue weighted by atomic mass is 9.88. The number of esters is 1. The van der Waals surface area contributed by atoms with E-state index in [4.69, 9.17) is 14.2 Å². The predicted octanol–water partition coefficient (Wildman–Crippen LogP) is 5.81. The highest BCUT2D eigenvalue weighted by Crippen LogP contribution is 2.29. The van der Waals surface area contributed by atoms with Crippen LogP contribution in [0.4, 0.5) is 4.79 Å². The molecular formula is C36H40N2O7. The standard InChI is InChI=1S/C36H40N2O7/c1-36(2,3)45-35(42)38-31(32(39)20-21-33(40)37-30-11-7-9-26-8-5-6-10-29(26)30)22-24-14-18-28(19-15-24)44-23-25-12-16-27(17-13-25)34(41)43-4/h5-6,8,10,12-21,30-31H,7,9,11,22-23H2,1-4H3,(H,37,40)(H,38,42)/t30-,31+/m1/s1. The van der Waals surface area contributed by atoms with E-state index in [1.54, 1.807) is 57.2 Å². The number of hydrogen-bond acceptors (Lipinski definition) is 7. The van der Waals surface area contributed by atoms with Crippen LogP contribution in [0.1, 0.15) is 72.3 Å². The Bertz CT molecular complexity index is 1520. The Morgan fingerprint density at radius 2 is 1.60 bits per heavy atom. The average Bonchev–Trinajstić information content (AvgIpc) is 3.02. The predicted molar refractivity (Wildman–Crippen MR) is 170 cm³/mol. The molecule has 9 nitrogen and oxygen atoms in total. The molecule has 0 fully saturated rings. The molecular weight excluding hydrogens is 572 g/mol. The second kappa shape index (κ2) is 15.2. The second-order valence-electron chi connectivity index (χ2n) is 11.9. The Kier molecular flexibility index (Phi) is 11.1. The van der Waals surface area contributed by atoms with Gasteiger partial charge in [-0.25, -0.2) is 9.59 Å². The van der Waals surface area contributed by atoms with E-state index in [2.05, 4.69) is 16.7 Å². The number of amides is 2. The maximum atomic E-state index is 13.3. The minimum atomic E-state index is -0.959. The van der Waals surface area contributed by atoms with Crippen LogP contribution in [-0.2, 0) is 38.5 Å². The Morgan fingerprint density at radius 1 is 0.911 bits per heavy atom. The molecule has 0 radical (unpaired) electrons. The fraction of sp³-hybridized carbons (Fsp3) is 0.333. The van der Waals surface area contributed by atoms with E-state index in [9.17, 15) is 19.2 Å². The van der Waals surface area contributed by atoms with Gasteiger partial charge in [0.05, 0.1) is 24.8 Å². The molecule has 3 aromatic rings. The van der Waals surface area contributed by atoms with E-state index in [1.807, 2.05) is 30.3 Å². The van der Waals surface area contributed by atoms with Crippen LogP contribution in [0.15, 0.2) is 84.9 Å². The molecule has 236 valence electrons. The zero-order valence-corrected chi connectivity index (χ0v) is 26.1. The monoisotopic (exact) mass is 612 g/mol. The number of aryl methyl sites for hydroxylation is 1. The second-order valence-corrected chi connectivity index (χ2v) is 11.9. The van der Waals surface area contributed by atoms with Gasteiger partial charge in [0.25, 0.3) is 0 Å². The molecule has 0 aliphatic heterocycles. The molecule has 45 heavy (non-hydrogen) atoms. The van der Waals surface area contributed by atoms with Crippen LogP contribution in [0.3, 0.4) is 0 Å². The topological polar surface area (TPSA) is 120 Å². The van der Waals surface area contributed by atoms with Crippen molar-refractivity contribution < 1.29 is 33.4 Å². The first-order chi connectivity index (χ1) is 21.5. The molecule has 0 aromatic heterocycles. The van der Waals surface area contributed by atoms with Crippen LogP contribution >= 0.6 is 0 Å². The van der Waals surface area contributed by atoms with E-state index in [0.717, 1.165) is 36.0 Å². The Morgan fingerprint density at radius 3 is 2.29 bits per heavy atom. The molecule has 2 N–H and O–H groups in total. The molecule has 0 unspecified atom stereocenters. The third kappa shape index (κ3) is 10.1. The van der Waals surface area contributed by atoms with Crippen LogP contribution < -0.4 is 15.4 Å². The normalized spacial score (nSPS) is 15.0. The van der Waals surface area contributed by atoms with Crippen molar-refractivity contribution in [1.82, 2.24) is 10.6 Å². The van der Waals surface area contributed by atoms with Gasteiger partial charge in [-0.15, -0.1) is 0 Å². The lowest BCUT2D eigenvalue weighted by molar-refractivity contribution is -0.119. The molecule has 0 bridgehead atoms. The number of nitrogens with one attached hydrogen (secondary N) is 2. The van der Waals surface area contributed by atoms with Gasteiger partial charge in [-0.1, -0.05) is 48.5 Å². The molecule has 0 spiro atoms. The van der Waals surface area contributed by atoms with Crippen molar-refractivity contribution in [2.24, 2.45) is 0 Å². The third-order valence-corrected chi connectivity index (χ3v) is 7.26. The number of methoxy groups -OCH3 is 1. The first-order valence-corrected chi connectivity index (χ1v) is 15.0. The summed E-state index contributed by atoms with van der Waals surface area (Å²) in [4.78, 5) is 50.3. The van der Waals surface area contributed by atoms with Gasteiger partial charge in [-0.2, -0.15) is 0 Å². The summed E-state index contributed by atoms with van der Waals surface area (Å²) in [5, 5.41) is 5.67. The van der Waals surface area contributed by atoms with E-state index in [-0.39, 0.29) is 18.4 Å². The average molecular weight is 613 g/mol. The maximum absolute atomic E-state index is 13.3. The molecule has 2 amide bonds. The van der Waals surface area contributed by atoms with E-state index < -0.39 is 29.5 Å². The third-order valence-electron chi connectivity index (χ3n) is 7.26. The van der Waals surface area contributed by atoms with Crippen LogP contribution in [0.5, 0.6) is 5.75 Å². The molecule has 0 saturated carbocycles. The van der Waals surface area contributed by atoms with Crippen molar-refractivity contribution in [3.63, 3.8) is 0 Å². The fourth-order valence-corrected chi connectivity index (χ4v) is 5.05. The molecule has 2 atom stereocenters. The van der Waals surface area contributed by atoms with Gasteiger partial charge in [-0.3, -0.25) is 9.59 Å². The summed E-state index contributed by atoms with van der Waals surface area (Å²) < 4.78 is 16.0. The van der Waals surface area contributed by atoms with Crippen LogP contribution in [0.25, 0.3) is 0 Å². The minimum Gasteiger partial charge on any atom is -0.489 e. The van der Waals surface area contributed by atoms with Gasteiger partial charge in [0.2, 0.25) is 5.91 Å². The number of fused-ring (bicyclic) bond motifs is 1. The quantitative estimate of drug-likeness (QED) is 0.207.